The van der Waals surface area contributed by atoms with Crippen LogP contribution in [-0.4, -0.2) is 39.0 Å². The Bertz CT molecular complexity index is 430. The molecule has 0 bridgehead atoms. The highest BCUT2D eigenvalue weighted by molar-refractivity contribution is 7.99. The molecule has 20 heavy (non-hydrogen) atoms. The highest BCUT2D eigenvalue weighted by atomic mass is 32.2. The van der Waals surface area contributed by atoms with Crippen LogP contribution < -0.4 is 5.32 Å². The van der Waals surface area contributed by atoms with Gasteiger partial charge in [-0.2, -0.15) is 0 Å². The van der Waals surface area contributed by atoms with Crippen LogP contribution in [0.2, 0.25) is 0 Å². The van der Waals surface area contributed by atoms with Gasteiger partial charge in [0, 0.05) is 22.2 Å². The zero-order valence-corrected chi connectivity index (χ0v) is 14.3. The molecule has 114 valence electrons. The zero-order chi connectivity index (χ0) is 15.3. The molecule has 0 fully saturated rings. The lowest BCUT2D eigenvalue weighted by atomic mass is 9.97. The Hall–Kier alpha value is -0.650. The van der Waals surface area contributed by atoms with Gasteiger partial charge in [0.05, 0.1) is 6.61 Å². The maximum absolute atomic E-state index is 9.55. The quantitative estimate of drug-likeness (QED) is 0.598. The van der Waals surface area contributed by atoms with E-state index < -0.39 is 0 Å². The summed E-state index contributed by atoms with van der Waals surface area (Å²) < 4.78 is 0. The van der Waals surface area contributed by atoms with Crippen LogP contribution in [0.4, 0.5) is 0 Å². The second-order valence-electron chi connectivity index (χ2n) is 5.68. The molecule has 2 unspecified atom stereocenters. The first-order valence-electron chi connectivity index (χ1n) is 7.15. The van der Waals surface area contributed by atoms with Crippen molar-refractivity contribution in [3.8, 4) is 0 Å². The molecule has 1 aromatic heterocycles. The van der Waals surface area contributed by atoms with E-state index in [1.807, 2.05) is 13.8 Å². The average molecular weight is 297 g/mol. The molecule has 0 radical (unpaired) electrons. The second kappa shape index (κ2) is 7.38. The Kier molecular flexibility index (Phi) is 6.43. The fraction of sp³-hybridized carbons (Fsp3) is 0.733. The molecule has 1 aromatic rings. The highest BCUT2D eigenvalue weighted by Gasteiger charge is 2.25. The van der Waals surface area contributed by atoms with Crippen LogP contribution in [0.15, 0.2) is 5.16 Å². The Morgan fingerprint density at radius 3 is 2.25 bits per heavy atom. The minimum absolute atomic E-state index is 0.137. The fourth-order valence-corrected chi connectivity index (χ4v) is 3.46. The molecule has 4 nitrogen and oxygen atoms in total. The van der Waals surface area contributed by atoms with Crippen molar-refractivity contribution in [1.29, 1.82) is 0 Å². The average Bonchev–Trinajstić information content (AvgIpc) is 2.35. The molecule has 2 atom stereocenters. The maximum Gasteiger partial charge on any atom is 0.188 e. The summed E-state index contributed by atoms with van der Waals surface area (Å²) >= 11 is 1.68. The van der Waals surface area contributed by atoms with Gasteiger partial charge in [-0.25, -0.2) is 9.97 Å². The van der Waals surface area contributed by atoms with Crippen LogP contribution in [-0.2, 0) is 0 Å². The highest BCUT2D eigenvalue weighted by Crippen LogP contribution is 2.27. The van der Waals surface area contributed by atoms with Gasteiger partial charge in [-0.3, -0.25) is 0 Å². The Morgan fingerprint density at radius 2 is 1.80 bits per heavy atom. The summed E-state index contributed by atoms with van der Waals surface area (Å²) in [6.45, 7) is 13.4. The number of thioether (sulfide) groups is 1. The van der Waals surface area contributed by atoms with Crippen molar-refractivity contribution in [3.05, 3.63) is 17.0 Å². The number of aliphatic hydroxyl groups is 1. The van der Waals surface area contributed by atoms with Crippen molar-refractivity contribution in [2.24, 2.45) is 0 Å². The molecule has 0 amide bonds. The predicted molar refractivity (Wildman–Crippen MR) is 85.3 cm³/mol. The van der Waals surface area contributed by atoms with Crippen molar-refractivity contribution < 1.29 is 5.11 Å². The summed E-state index contributed by atoms with van der Waals surface area (Å²) in [5.74, 6) is 0. The molecule has 0 aliphatic heterocycles. The maximum atomic E-state index is 9.55. The molecular weight excluding hydrogens is 270 g/mol. The first-order valence-corrected chi connectivity index (χ1v) is 8.03. The third-order valence-corrected chi connectivity index (χ3v) is 4.57. The van der Waals surface area contributed by atoms with Crippen LogP contribution in [0, 0.1) is 20.8 Å². The Labute approximate surface area is 126 Å². The monoisotopic (exact) mass is 297 g/mol. The number of nitrogens with zero attached hydrogens (tertiary/aromatic N) is 2. The summed E-state index contributed by atoms with van der Waals surface area (Å²) in [6.07, 6.45) is 0.872. The minimum Gasteiger partial charge on any atom is -0.394 e. The van der Waals surface area contributed by atoms with E-state index >= 15 is 0 Å². The number of hydrogen-bond donors (Lipinski definition) is 2. The Balaban J connectivity index is 2.73. The van der Waals surface area contributed by atoms with Crippen LogP contribution in [0.5, 0.6) is 0 Å². The van der Waals surface area contributed by atoms with Gasteiger partial charge >= 0.3 is 0 Å². The van der Waals surface area contributed by atoms with E-state index in [0.717, 1.165) is 35.1 Å². The number of aryl methyl sites for hydroxylation is 2. The number of rotatable bonds is 7. The Morgan fingerprint density at radius 1 is 1.25 bits per heavy atom. The van der Waals surface area contributed by atoms with Gasteiger partial charge in [-0.15, -0.1) is 0 Å². The first-order chi connectivity index (χ1) is 9.31. The van der Waals surface area contributed by atoms with E-state index in [1.54, 1.807) is 11.8 Å². The molecule has 0 spiro atoms. The van der Waals surface area contributed by atoms with E-state index in [9.17, 15) is 5.11 Å². The van der Waals surface area contributed by atoms with Crippen LogP contribution in [0.3, 0.4) is 0 Å². The smallest absolute Gasteiger partial charge is 0.188 e. The van der Waals surface area contributed by atoms with Crippen molar-refractivity contribution >= 4 is 11.8 Å². The van der Waals surface area contributed by atoms with Crippen molar-refractivity contribution in [2.75, 3.05) is 13.2 Å². The number of likely N-dealkylation sites (N-methyl/N-ethyl adjacent to an activating group) is 1. The molecule has 0 aromatic carbocycles. The van der Waals surface area contributed by atoms with Crippen molar-refractivity contribution in [2.45, 2.75) is 63.9 Å². The molecule has 0 aliphatic carbocycles. The van der Waals surface area contributed by atoms with E-state index in [0.29, 0.717) is 5.25 Å². The predicted octanol–water partition coefficient (Wildman–Crippen LogP) is 2.63. The first kappa shape index (κ1) is 17.4. The van der Waals surface area contributed by atoms with Crippen LogP contribution >= 0.6 is 11.8 Å². The van der Waals surface area contributed by atoms with E-state index in [2.05, 4.69) is 43.0 Å². The van der Waals surface area contributed by atoms with Gasteiger partial charge < -0.3 is 10.4 Å². The molecule has 0 saturated carbocycles. The standard InChI is InChI=1S/C15H27N3OS/c1-7-16-15(6,9-19)8-10(2)20-14-17-12(4)11(3)13(5)18-14/h10,16,19H,7-9H2,1-6H3. The van der Waals surface area contributed by atoms with E-state index in [-0.39, 0.29) is 12.1 Å². The fourth-order valence-electron chi connectivity index (χ4n) is 2.27. The molecule has 0 saturated heterocycles. The second-order valence-corrected chi connectivity index (χ2v) is 7.09. The summed E-state index contributed by atoms with van der Waals surface area (Å²) in [4.78, 5) is 9.09. The van der Waals surface area contributed by atoms with Crippen molar-refractivity contribution in [3.63, 3.8) is 0 Å². The third-order valence-electron chi connectivity index (χ3n) is 3.61. The number of nitrogens with one attached hydrogen (secondary N) is 1. The molecule has 1 rings (SSSR count). The lowest BCUT2D eigenvalue weighted by molar-refractivity contribution is 0.168. The van der Waals surface area contributed by atoms with E-state index in [4.69, 9.17) is 0 Å². The number of aliphatic hydroxyl groups excluding tert-OH is 1. The van der Waals surface area contributed by atoms with Crippen LogP contribution in [0.25, 0.3) is 0 Å². The SMILES string of the molecule is CCNC(C)(CO)CC(C)Sc1nc(C)c(C)c(C)n1. The molecule has 5 heteroatoms. The van der Waals surface area contributed by atoms with Crippen molar-refractivity contribution in [1.82, 2.24) is 15.3 Å². The normalized spacial score (nSPS) is 15.9. The van der Waals surface area contributed by atoms with Gasteiger partial charge in [-0.05, 0) is 46.2 Å². The third kappa shape index (κ3) is 4.72. The summed E-state index contributed by atoms with van der Waals surface area (Å²) in [5.41, 5.74) is 3.01. The topological polar surface area (TPSA) is 58.0 Å². The van der Waals surface area contributed by atoms with Gasteiger partial charge in [0.1, 0.15) is 0 Å². The number of hydrogen-bond acceptors (Lipinski definition) is 5. The molecule has 0 aliphatic rings. The molecule has 2 N–H and O–H groups in total. The number of aromatic nitrogens is 2. The van der Waals surface area contributed by atoms with Gasteiger partial charge in [-0.1, -0.05) is 25.6 Å². The molecular formula is C15H27N3OS. The summed E-state index contributed by atoms with van der Waals surface area (Å²) in [7, 11) is 0. The van der Waals surface area contributed by atoms with Crippen LogP contribution in [0.1, 0.15) is 44.1 Å². The van der Waals surface area contributed by atoms with Gasteiger partial charge in [0.15, 0.2) is 5.16 Å². The lowest BCUT2D eigenvalue weighted by Gasteiger charge is -2.30. The van der Waals surface area contributed by atoms with Gasteiger partial charge in [0.25, 0.3) is 0 Å². The summed E-state index contributed by atoms with van der Waals surface area (Å²) in [5, 5.41) is 14.1. The van der Waals surface area contributed by atoms with E-state index in [1.165, 1.54) is 0 Å². The lowest BCUT2D eigenvalue weighted by Crippen LogP contribution is -2.47. The minimum atomic E-state index is -0.240. The van der Waals surface area contributed by atoms with Gasteiger partial charge in [0.2, 0.25) is 0 Å². The summed E-state index contributed by atoms with van der Waals surface area (Å²) in [6, 6.07) is 0. The largest absolute Gasteiger partial charge is 0.394 e. The molecule has 1 heterocycles. The zero-order valence-electron chi connectivity index (χ0n) is 13.4.